The zero-order valence-electron chi connectivity index (χ0n) is 10.6. The van der Waals surface area contributed by atoms with Crippen LogP contribution in [-0.4, -0.2) is 22.5 Å². The van der Waals surface area contributed by atoms with Crippen molar-refractivity contribution in [3.05, 3.63) is 23.7 Å². The van der Waals surface area contributed by atoms with Gasteiger partial charge in [-0.25, -0.2) is 4.98 Å². The predicted octanol–water partition coefficient (Wildman–Crippen LogP) is 4.38. The van der Waals surface area contributed by atoms with Crippen LogP contribution in [0.3, 0.4) is 0 Å². The van der Waals surface area contributed by atoms with Gasteiger partial charge in [0, 0.05) is 27.6 Å². The third kappa shape index (κ3) is 2.24. The van der Waals surface area contributed by atoms with Crippen molar-refractivity contribution in [1.82, 2.24) is 4.98 Å². The van der Waals surface area contributed by atoms with Crippen LogP contribution in [0.15, 0.2) is 23.7 Å². The van der Waals surface area contributed by atoms with Gasteiger partial charge in [-0.2, -0.15) is 11.8 Å². The minimum Gasteiger partial charge on any atom is -0.368 e. The van der Waals surface area contributed by atoms with Gasteiger partial charge in [0.15, 0.2) is 0 Å². The summed E-state index contributed by atoms with van der Waals surface area (Å²) in [6.07, 6.45) is 9.56. The number of rotatable bonds is 4. The topological polar surface area (TPSA) is 24.9 Å². The molecule has 1 N–H and O–H groups in total. The van der Waals surface area contributed by atoms with E-state index in [9.17, 15) is 0 Å². The lowest BCUT2D eigenvalue weighted by molar-refractivity contribution is 0.639. The molecule has 4 heteroatoms. The van der Waals surface area contributed by atoms with Gasteiger partial charge in [-0.15, -0.1) is 11.3 Å². The summed E-state index contributed by atoms with van der Waals surface area (Å²) in [4.78, 5) is 4.49. The number of fused-ring (bicyclic) bond motifs is 1. The molecule has 2 aromatic rings. The van der Waals surface area contributed by atoms with Crippen LogP contribution >= 0.6 is 23.1 Å². The highest BCUT2D eigenvalue weighted by Crippen LogP contribution is 2.40. The van der Waals surface area contributed by atoms with Crippen molar-refractivity contribution in [1.29, 1.82) is 0 Å². The third-order valence-corrected chi connectivity index (χ3v) is 6.21. The van der Waals surface area contributed by atoms with Gasteiger partial charge < -0.3 is 5.32 Å². The van der Waals surface area contributed by atoms with E-state index < -0.39 is 0 Å². The van der Waals surface area contributed by atoms with Gasteiger partial charge in [-0.1, -0.05) is 12.8 Å². The average molecular weight is 278 g/mol. The lowest BCUT2D eigenvalue weighted by Crippen LogP contribution is -2.30. The van der Waals surface area contributed by atoms with Gasteiger partial charge in [0.1, 0.15) is 5.82 Å². The summed E-state index contributed by atoms with van der Waals surface area (Å²) in [5.41, 5.74) is 0. The fourth-order valence-corrected chi connectivity index (χ4v) is 4.45. The molecule has 0 spiro atoms. The lowest BCUT2D eigenvalue weighted by atomic mass is 10.1. The molecular formula is C14H18N2S2. The maximum absolute atomic E-state index is 4.49. The van der Waals surface area contributed by atoms with Crippen LogP contribution in [0, 0.1) is 0 Å². The molecule has 0 saturated heterocycles. The number of hydrogen-bond acceptors (Lipinski definition) is 4. The van der Waals surface area contributed by atoms with Crippen molar-refractivity contribution in [2.75, 3.05) is 18.1 Å². The van der Waals surface area contributed by atoms with Crippen LogP contribution in [0.4, 0.5) is 5.82 Å². The normalized spacial score (nSPS) is 18.3. The number of nitrogens with one attached hydrogen (secondary N) is 1. The van der Waals surface area contributed by atoms with Crippen LogP contribution in [-0.2, 0) is 0 Å². The van der Waals surface area contributed by atoms with Crippen molar-refractivity contribution in [2.45, 2.75) is 30.4 Å². The molecule has 1 aliphatic carbocycles. The highest BCUT2D eigenvalue weighted by Gasteiger charge is 2.32. The van der Waals surface area contributed by atoms with E-state index >= 15 is 0 Å². The molecule has 0 atom stereocenters. The summed E-state index contributed by atoms with van der Waals surface area (Å²) in [5.74, 6) is 1.05. The van der Waals surface area contributed by atoms with E-state index in [0.717, 1.165) is 12.4 Å². The second-order valence-corrected chi connectivity index (χ2v) is 7.16. The van der Waals surface area contributed by atoms with Crippen molar-refractivity contribution in [3.8, 4) is 0 Å². The molecule has 96 valence electrons. The molecule has 1 saturated carbocycles. The fourth-order valence-electron chi connectivity index (χ4n) is 2.75. The van der Waals surface area contributed by atoms with E-state index in [1.807, 2.05) is 18.0 Å². The molecule has 0 aliphatic heterocycles. The maximum Gasteiger partial charge on any atom is 0.134 e. The molecule has 1 fully saturated rings. The molecule has 0 radical (unpaired) electrons. The second kappa shape index (κ2) is 5.10. The highest BCUT2D eigenvalue weighted by molar-refractivity contribution is 8.00. The zero-order valence-corrected chi connectivity index (χ0v) is 12.2. The first-order chi connectivity index (χ1) is 8.83. The van der Waals surface area contributed by atoms with E-state index in [0.29, 0.717) is 4.75 Å². The number of thiophene rings is 1. The highest BCUT2D eigenvalue weighted by atomic mass is 32.2. The standard InChI is InChI=1S/C14H18N2S2/c1-17-14(6-2-3-7-14)10-16-13-11-5-9-18-12(11)4-8-15-13/h4-5,8-9H,2-3,6-7,10H2,1H3,(H,15,16). The summed E-state index contributed by atoms with van der Waals surface area (Å²) in [6, 6.07) is 4.25. The second-order valence-electron chi connectivity index (χ2n) is 4.94. The number of anilines is 1. The Morgan fingerprint density at radius 2 is 2.22 bits per heavy atom. The molecule has 0 bridgehead atoms. The number of aromatic nitrogens is 1. The lowest BCUT2D eigenvalue weighted by Gasteiger charge is -2.27. The van der Waals surface area contributed by atoms with Gasteiger partial charge in [0.05, 0.1) is 0 Å². The SMILES string of the molecule is CSC1(CNc2nccc3sccc23)CCCC1. The number of hydrogen-bond donors (Lipinski definition) is 1. The van der Waals surface area contributed by atoms with Crippen molar-refractivity contribution < 1.29 is 0 Å². The molecule has 3 rings (SSSR count). The van der Waals surface area contributed by atoms with Crippen LogP contribution < -0.4 is 5.32 Å². The maximum atomic E-state index is 4.49. The number of nitrogens with zero attached hydrogens (tertiary/aromatic N) is 1. The molecule has 2 heterocycles. The first-order valence-electron chi connectivity index (χ1n) is 6.44. The minimum atomic E-state index is 0.430. The number of pyridine rings is 1. The quantitative estimate of drug-likeness (QED) is 0.898. The molecule has 0 amide bonds. The summed E-state index contributed by atoms with van der Waals surface area (Å²) in [5, 5.41) is 6.98. The molecule has 0 unspecified atom stereocenters. The number of thioether (sulfide) groups is 1. The Bertz CT molecular complexity index is 529. The summed E-state index contributed by atoms with van der Waals surface area (Å²) >= 11 is 3.80. The Morgan fingerprint density at radius 3 is 3.00 bits per heavy atom. The van der Waals surface area contributed by atoms with E-state index in [4.69, 9.17) is 0 Å². The van der Waals surface area contributed by atoms with Crippen molar-refractivity contribution in [3.63, 3.8) is 0 Å². The average Bonchev–Trinajstić information content (AvgIpc) is 3.06. The van der Waals surface area contributed by atoms with E-state index in [1.54, 1.807) is 11.3 Å². The Kier molecular flexibility index (Phi) is 3.48. The molecule has 18 heavy (non-hydrogen) atoms. The summed E-state index contributed by atoms with van der Waals surface area (Å²) in [6.45, 7) is 1.04. The van der Waals surface area contributed by atoms with E-state index in [1.165, 1.54) is 35.8 Å². The molecule has 1 aliphatic rings. The van der Waals surface area contributed by atoms with Crippen molar-refractivity contribution >= 4 is 39.0 Å². The molecule has 0 aromatic carbocycles. The van der Waals surface area contributed by atoms with E-state index in [-0.39, 0.29) is 0 Å². The summed E-state index contributed by atoms with van der Waals surface area (Å²) < 4.78 is 1.75. The summed E-state index contributed by atoms with van der Waals surface area (Å²) in [7, 11) is 0. The molecule has 2 aromatic heterocycles. The van der Waals surface area contributed by atoms with E-state index in [2.05, 4.69) is 34.1 Å². The monoisotopic (exact) mass is 278 g/mol. The fraction of sp³-hybridized carbons (Fsp3) is 0.500. The smallest absolute Gasteiger partial charge is 0.134 e. The van der Waals surface area contributed by atoms with Crippen LogP contribution in [0.25, 0.3) is 10.1 Å². The Labute approximate surface area is 116 Å². The van der Waals surface area contributed by atoms with Gasteiger partial charge in [0.2, 0.25) is 0 Å². The first kappa shape index (κ1) is 12.3. The van der Waals surface area contributed by atoms with Crippen LogP contribution in [0.2, 0.25) is 0 Å². The predicted molar refractivity (Wildman–Crippen MR) is 82.8 cm³/mol. The Morgan fingerprint density at radius 1 is 1.39 bits per heavy atom. The van der Waals surface area contributed by atoms with Gasteiger partial charge in [-0.05, 0) is 36.6 Å². The largest absolute Gasteiger partial charge is 0.368 e. The molecule has 2 nitrogen and oxygen atoms in total. The molecular weight excluding hydrogens is 260 g/mol. The first-order valence-corrected chi connectivity index (χ1v) is 8.55. The van der Waals surface area contributed by atoms with Crippen LogP contribution in [0.1, 0.15) is 25.7 Å². The Hall–Kier alpha value is -0.740. The van der Waals surface area contributed by atoms with Gasteiger partial charge >= 0.3 is 0 Å². The van der Waals surface area contributed by atoms with Gasteiger partial charge in [0.25, 0.3) is 0 Å². The van der Waals surface area contributed by atoms with Crippen molar-refractivity contribution in [2.24, 2.45) is 0 Å². The van der Waals surface area contributed by atoms with Gasteiger partial charge in [-0.3, -0.25) is 0 Å². The third-order valence-electron chi connectivity index (χ3n) is 3.91. The van der Waals surface area contributed by atoms with Crippen LogP contribution in [0.5, 0.6) is 0 Å². The zero-order chi connectivity index (χ0) is 12.4. The Balaban J connectivity index is 1.78. The minimum absolute atomic E-state index is 0.430.